The third kappa shape index (κ3) is 5.37. The number of benzene rings is 2. The molecule has 2 aromatic heterocycles. The van der Waals surface area contributed by atoms with Crippen molar-refractivity contribution in [2.24, 2.45) is 0 Å². The van der Waals surface area contributed by atoms with Crippen molar-refractivity contribution < 1.29 is 13.9 Å². The molecule has 1 amide bonds. The summed E-state index contributed by atoms with van der Waals surface area (Å²) in [6.07, 6.45) is 0. The number of aromatic nitrogens is 4. The topological polar surface area (TPSA) is 85.2 Å². The van der Waals surface area contributed by atoms with E-state index < -0.39 is 0 Å². The second-order valence-corrected chi connectivity index (χ2v) is 9.68. The van der Waals surface area contributed by atoms with Crippen LogP contribution < -0.4 is 10.1 Å². The maximum atomic E-state index is 13.5. The predicted octanol–water partition coefficient (Wildman–Crippen LogP) is 4.77. The molecule has 0 aliphatic heterocycles. The highest BCUT2D eigenvalue weighted by Crippen LogP contribution is 2.30. The summed E-state index contributed by atoms with van der Waals surface area (Å²) in [5.41, 5.74) is 1.53. The van der Waals surface area contributed by atoms with Gasteiger partial charge in [0.05, 0.1) is 28.6 Å². The number of amides is 1. The van der Waals surface area contributed by atoms with E-state index in [1.54, 1.807) is 12.1 Å². The van der Waals surface area contributed by atoms with Crippen LogP contribution in [0, 0.1) is 5.82 Å². The first-order valence-electron chi connectivity index (χ1n) is 10.7. The number of carbonyl (C=O) groups excluding carboxylic acids is 1. The second kappa shape index (κ2) is 10.5. The van der Waals surface area contributed by atoms with Crippen LogP contribution in [-0.2, 0) is 4.79 Å². The standard InChI is InChI=1S/C23H25FN6O2S2/c1-5-32-17-10-11-18-19(12-17)34-22(25-18)26-20(31)13-33-23-28-27-21(14(2)29(3)4)30(23)16-8-6-15(24)7-9-16/h6-12,14H,5,13H2,1-4H3,(H,25,26,31). The molecule has 11 heteroatoms. The first-order valence-corrected chi connectivity index (χ1v) is 12.5. The Bertz CT molecular complexity index is 1290. The number of fused-ring (bicyclic) bond motifs is 1. The van der Waals surface area contributed by atoms with Crippen LogP contribution >= 0.6 is 23.1 Å². The predicted molar refractivity (Wildman–Crippen MR) is 134 cm³/mol. The minimum Gasteiger partial charge on any atom is -0.494 e. The van der Waals surface area contributed by atoms with Crippen molar-refractivity contribution in [3.8, 4) is 11.4 Å². The molecule has 0 bridgehead atoms. The van der Waals surface area contributed by atoms with Gasteiger partial charge in [0, 0.05) is 5.69 Å². The van der Waals surface area contributed by atoms with Gasteiger partial charge in [0.1, 0.15) is 11.6 Å². The summed E-state index contributed by atoms with van der Waals surface area (Å²) in [6.45, 7) is 4.53. The van der Waals surface area contributed by atoms with Gasteiger partial charge in [-0.3, -0.25) is 14.3 Å². The molecule has 0 spiro atoms. The largest absolute Gasteiger partial charge is 0.494 e. The molecule has 0 radical (unpaired) electrons. The van der Waals surface area contributed by atoms with Crippen molar-refractivity contribution in [3.05, 3.63) is 54.1 Å². The van der Waals surface area contributed by atoms with Crippen molar-refractivity contribution in [3.63, 3.8) is 0 Å². The summed E-state index contributed by atoms with van der Waals surface area (Å²) >= 11 is 2.65. The Morgan fingerprint density at radius 2 is 2.00 bits per heavy atom. The monoisotopic (exact) mass is 500 g/mol. The Balaban J connectivity index is 1.50. The van der Waals surface area contributed by atoms with E-state index in [2.05, 4.69) is 20.5 Å². The fourth-order valence-corrected chi connectivity index (χ4v) is 4.88. The van der Waals surface area contributed by atoms with Crippen LogP contribution in [0.1, 0.15) is 25.7 Å². The van der Waals surface area contributed by atoms with Crippen molar-refractivity contribution in [1.29, 1.82) is 0 Å². The number of hydrogen-bond donors (Lipinski definition) is 1. The zero-order valence-electron chi connectivity index (χ0n) is 19.3. The molecule has 4 rings (SSSR count). The second-order valence-electron chi connectivity index (χ2n) is 7.71. The van der Waals surface area contributed by atoms with Gasteiger partial charge in [-0.05, 0) is 70.4 Å². The van der Waals surface area contributed by atoms with Crippen LogP contribution in [0.4, 0.5) is 9.52 Å². The smallest absolute Gasteiger partial charge is 0.236 e. The molecular formula is C23H25FN6O2S2. The maximum absolute atomic E-state index is 13.5. The molecule has 1 N–H and O–H groups in total. The number of hydrogen-bond acceptors (Lipinski definition) is 8. The first-order chi connectivity index (χ1) is 16.4. The number of nitrogens with one attached hydrogen (secondary N) is 1. The van der Waals surface area contributed by atoms with Crippen LogP contribution in [0.2, 0.25) is 0 Å². The number of ether oxygens (including phenoxy) is 1. The normalized spacial score (nSPS) is 12.3. The number of halogens is 1. The highest BCUT2D eigenvalue weighted by Gasteiger charge is 2.22. The van der Waals surface area contributed by atoms with Gasteiger partial charge in [0.2, 0.25) is 5.91 Å². The number of thiazole rings is 1. The van der Waals surface area contributed by atoms with Crippen molar-refractivity contribution >= 4 is 44.4 Å². The van der Waals surface area contributed by atoms with Gasteiger partial charge >= 0.3 is 0 Å². The van der Waals surface area contributed by atoms with Crippen molar-refractivity contribution in [1.82, 2.24) is 24.6 Å². The fraction of sp³-hybridized carbons (Fsp3) is 0.304. The summed E-state index contributed by atoms with van der Waals surface area (Å²) in [5.74, 6) is 1.07. The fourth-order valence-electron chi connectivity index (χ4n) is 3.21. The van der Waals surface area contributed by atoms with Crippen LogP contribution in [0.5, 0.6) is 5.75 Å². The minimum absolute atomic E-state index is 0.0370. The number of thioether (sulfide) groups is 1. The minimum atomic E-state index is -0.322. The summed E-state index contributed by atoms with van der Waals surface area (Å²) in [5, 5.41) is 12.6. The molecule has 2 aromatic carbocycles. The Morgan fingerprint density at radius 1 is 1.24 bits per heavy atom. The average molecular weight is 501 g/mol. The lowest BCUT2D eigenvalue weighted by molar-refractivity contribution is -0.113. The molecule has 0 saturated carbocycles. The molecule has 2 heterocycles. The third-order valence-electron chi connectivity index (χ3n) is 5.14. The van der Waals surface area contributed by atoms with Crippen molar-refractivity contribution in [2.45, 2.75) is 25.0 Å². The summed E-state index contributed by atoms with van der Waals surface area (Å²) < 4.78 is 21.8. The van der Waals surface area contributed by atoms with E-state index in [4.69, 9.17) is 4.74 Å². The molecule has 8 nitrogen and oxygen atoms in total. The third-order valence-corrected chi connectivity index (χ3v) is 7.00. The molecule has 1 unspecified atom stereocenters. The molecule has 0 aliphatic rings. The van der Waals surface area contributed by atoms with E-state index in [9.17, 15) is 9.18 Å². The van der Waals surface area contributed by atoms with Crippen molar-refractivity contribution in [2.75, 3.05) is 31.8 Å². The quantitative estimate of drug-likeness (QED) is 0.332. The van der Waals surface area contributed by atoms with E-state index in [1.807, 2.05) is 55.6 Å². The van der Waals surface area contributed by atoms with Crippen LogP contribution in [0.25, 0.3) is 15.9 Å². The number of rotatable bonds is 9. The van der Waals surface area contributed by atoms with E-state index in [0.29, 0.717) is 22.7 Å². The number of carbonyl (C=O) groups is 1. The Kier molecular flexibility index (Phi) is 7.44. The average Bonchev–Trinajstić information content (AvgIpc) is 3.41. The van der Waals surface area contributed by atoms with E-state index >= 15 is 0 Å². The lowest BCUT2D eigenvalue weighted by atomic mass is 10.2. The SMILES string of the molecule is CCOc1ccc2nc(NC(=O)CSc3nnc(C(C)N(C)C)n3-c3ccc(F)cc3)sc2c1. The highest BCUT2D eigenvalue weighted by molar-refractivity contribution is 7.99. The Hall–Kier alpha value is -3.02. The lowest BCUT2D eigenvalue weighted by Gasteiger charge is -2.20. The first kappa shape index (κ1) is 24.1. The van der Waals surface area contributed by atoms with E-state index in [0.717, 1.165) is 21.7 Å². The summed E-state index contributed by atoms with van der Waals surface area (Å²) in [7, 11) is 3.90. The Morgan fingerprint density at radius 3 is 2.71 bits per heavy atom. The summed E-state index contributed by atoms with van der Waals surface area (Å²) in [6, 6.07) is 11.7. The van der Waals surface area contributed by atoms with Gasteiger partial charge in [-0.15, -0.1) is 10.2 Å². The number of nitrogens with zero attached hydrogens (tertiary/aromatic N) is 5. The molecule has 1 atom stereocenters. The van der Waals surface area contributed by atoms with Gasteiger partial charge in [0.15, 0.2) is 16.1 Å². The Labute approximate surface area is 205 Å². The molecular weight excluding hydrogens is 475 g/mol. The van der Waals surface area contributed by atoms with Gasteiger partial charge in [0.25, 0.3) is 0 Å². The van der Waals surface area contributed by atoms with E-state index in [-0.39, 0.29) is 23.5 Å². The lowest BCUT2D eigenvalue weighted by Crippen LogP contribution is -2.21. The zero-order valence-corrected chi connectivity index (χ0v) is 20.9. The molecule has 0 aliphatic carbocycles. The van der Waals surface area contributed by atoms with Crippen LogP contribution in [0.15, 0.2) is 47.6 Å². The molecule has 0 fully saturated rings. The molecule has 0 saturated heterocycles. The van der Waals surface area contributed by atoms with Gasteiger partial charge in [-0.2, -0.15) is 0 Å². The van der Waals surface area contributed by atoms with Gasteiger partial charge < -0.3 is 10.1 Å². The van der Waals surface area contributed by atoms with Crippen LogP contribution in [-0.4, -0.2) is 57.0 Å². The van der Waals surface area contributed by atoms with E-state index in [1.165, 1.54) is 35.2 Å². The molecule has 178 valence electrons. The highest BCUT2D eigenvalue weighted by atomic mass is 32.2. The van der Waals surface area contributed by atoms with Gasteiger partial charge in [-0.25, -0.2) is 9.37 Å². The molecule has 4 aromatic rings. The number of anilines is 1. The molecule has 34 heavy (non-hydrogen) atoms. The zero-order chi connectivity index (χ0) is 24.2. The maximum Gasteiger partial charge on any atom is 0.236 e. The van der Waals surface area contributed by atoms with Crippen LogP contribution in [0.3, 0.4) is 0 Å². The van der Waals surface area contributed by atoms with Gasteiger partial charge in [-0.1, -0.05) is 23.1 Å². The summed E-state index contributed by atoms with van der Waals surface area (Å²) in [4.78, 5) is 19.2.